The van der Waals surface area contributed by atoms with E-state index in [0.29, 0.717) is 13.2 Å². The standard InChI is InChI=1S/C16H24N2O2/c1-4-5-10-16(2)17-14-9-7-6-8-13(14)15(19)18(16)11-12-20-3/h6-9,17H,4-5,10-12H2,1-3H3. The fourth-order valence-corrected chi connectivity index (χ4v) is 2.76. The largest absolute Gasteiger partial charge is 0.383 e. The molecule has 1 aliphatic heterocycles. The summed E-state index contributed by atoms with van der Waals surface area (Å²) >= 11 is 0. The van der Waals surface area contributed by atoms with Gasteiger partial charge in [-0.05, 0) is 31.9 Å². The number of hydrogen-bond donors (Lipinski definition) is 1. The monoisotopic (exact) mass is 276 g/mol. The van der Waals surface area contributed by atoms with Crippen molar-refractivity contribution in [3.63, 3.8) is 0 Å². The average molecular weight is 276 g/mol. The van der Waals surface area contributed by atoms with Crippen molar-refractivity contribution in [2.75, 3.05) is 25.6 Å². The van der Waals surface area contributed by atoms with Gasteiger partial charge >= 0.3 is 0 Å². The minimum absolute atomic E-state index is 0.0926. The average Bonchev–Trinajstić information content (AvgIpc) is 2.45. The predicted octanol–water partition coefficient (Wildman–Crippen LogP) is 3.11. The molecule has 20 heavy (non-hydrogen) atoms. The lowest BCUT2D eigenvalue weighted by Gasteiger charge is -2.46. The van der Waals surface area contributed by atoms with Crippen LogP contribution in [0.15, 0.2) is 24.3 Å². The third-order valence-electron chi connectivity index (χ3n) is 3.94. The van der Waals surface area contributed by atoms with Crippen LogP contribution in [0.25, 0.3) is 0 Å². The van der Waals surface area contributed by atoms with E-state index in [9.17, 15) is 4.79 Å². The Morgan fingerprint density at radius 1 is 1.35 bits per heavy atom. The normalized spacial score (nSPS) is 21.6. The molecule has 0 saturated heterocycles. The molecule has 0 spiro atoms. The molecule has 1 amide bonds. The maximum absolute atomic E-state index is 12.7. The summed E-state index contributed by atoms with van der Waals surface area (Å²) in [5.74, 6) is 0.0926. The molecular formula is C16H24N2O2. The first kappa shape index (κ1) is 14.9. The van der Waals surface area contributed by atoms with Crippen molar-refractivity contribution in [2.45, 2.75) is 38.8 Å². The summed E-state index contributed by atoms with van der Waals surface area (Å²) in [7, 11) is 1.67. The molecule has 1 aliphatic rings. The van der Waals surface area contributed by atoms with Crippen LogP contribution in [-0.2, 0) is 4.74 Å². The zero-order valence-corrected chi connectivity index (χ0v) is 12.6. The van der Waals surface area contributed by atoms with Crippen molar-refractivity contribution in [1.29, 1.82) is 0 Å². The number of unbranched alkanes of at least 4 members (excludes halogenated alkanes) is 1. The number of methoxy groups -OCH3 is 1. The summed E-state index contributed by atoms with van der Waals surface area (Å²) in [4.78, 5) is 14.6. The summed E-state index contributed by atoms with van der Waals surface area (Å²) in [6, 6.07) is 7.72. The van der Waals surface area contributed by atoms with E-state index in [1.807, 2.05) is 29.2 Å². The number of nitrogens with zero attached hydrogens (tertiary/aromatic N) is 1. The highest BCUT2D eigenvalue weighted by Crippen LogP contribution is 2.33. The van der Waals surface area contributed by atoms with E-state index in [0.717, 1.165) is 30.5 Å². The number of para-hydroxylation sites is 1. The van der Waals surface area contributed by atoms with Crippen LogP contribution < -0.4 is 5.32 Å². The van der Waals surface area contributed by atoms with Crippen molar-refractivity contribution in [2.24, 2.45) is 0 Å². The third kappa shape index (κ3) is 2.80. The van der Waals surface area contributed by atoms with Gasteiger partial charge in [0.25, 0.3) is 5.91 Å². The van der Waals surface area contributed by atoms with E-state index in [4.69, 9.17) is 4.74 Å². The molecule has 0 radical (unpaired) electrons. The van der Waals surface area contributed by atoms with Crippen molar-refractivity contribution in [3.8, 4) is 0 Å². The molecule has 0 aromatic heterocycles. The van der Waals surface area contributed by atoms with Crippen LogP contribution in [-0.4, -0.2) is 36.7 Å². The van der Waals surface area contributed by atoms with Crippen LogP contribution in [0.4, 0.5) is 5.69 Å². The van der Waals surface area contributed by atoms with Gasteiger partial charge in [0.1, 0.15) is 5.66 Å². The molecule has 1 N–H and O–H groups in total. The Hall–Kier alpha value is -1.55. The van der Waals surface area contributed by atoms with Gasteiger partial charge < -0.3 is 15.0 Å². The molecular weight excluding hydrogens is 252 g/mol. The SMILES string of the molecule is CCCCC1(C)Nc2ccccc2C(=O)N1CCOC. The van der Waals surface area contributed by atoms with E-state index < -0.39 is 0 Å². The topological polar surface area (TPSA) is 41.6 Å². The molecule has 110 valence electrons. The first-order chi connectivity index (χ1) is 9.62. The predicted molar refractivity (Wildman–Crippen MR) is 80.9 cm³/mol. The lowest BCUT2D eigenvalue weighted by atomic mass is 9.96. The number of carbonyl (C=O) groups excluding carboxylic acids is 1. The lowest BCUT2D eigenvalue weighted by molar-refractivity contribution is 0.0421. The van der Waals surface area contributed by atoms with Crippen LogP contribution in [0.1, 0.15) is 43.5 Å². The van der Waals surface area contributed by atoms with Gasteiger partial charge in [0, 0.05) is 19.3 Å². The van der Waals surface area contributed by atoms with Crippen molar-refractivity contribution in [3.05, 3.63) is 29.8 Å². The van der Waals surface area contributed by atoms with Crippen molar-refractivity contribution < 1.29 is 9.53 Å². The van der Waals surface area contributed by atoms with Gasteiger partial charge in [-0.25, -0.2) is 0 Å². The van der Waals surface area contributed by atoms with Crippen LogP contribution >= 0.6 is 0 Å². The Balaban J connectivity index is 2.31. The maximum Gasteiger partial charge on any atom is 0.257 e. The number of rotatable bonds is 6. The van der Waals surface area contributed by atoms with Crippen LogP contribution in [0.2, 0.25) is 0 Å². The van der Waals surface area contributed by atoms with Crippen LogP contribution in [0.3, 0.4) is 0 Å². The van der Waals surface area contributed by atoms with E-state index in [1.165, 1.54) is 0 Å². The van der Waals surface area contributed by atoms with Gasteiger partial charge in [-0.3, -0.25) is 4.79 Å². The molecule has 2 rings (SSSR count). The second kappa shape index (κ2) is 6.27. The van der Waals surface area contributed by atoms with Gasteiger partial charge in [-0.1, -0.05) is 25.5 Å². The molecule has 1 atom stereocenters. The van der Waals surface area contributed by atoms with E-state index in [-0.39, 0.29) is 11.6 Å². The first-order valence-corrected chi connectivity index (χ1v) is 7.30. The molecule has 4 nitrogen and oxygen atoms in total. The fraction of sp³-hybridized carbons (Fsp3) is 0.562. The summed E-state index contributed by atoms with van der Waals surface area (Å²) in [5, 5.41) is 3.55. The molecule has 4 heteroatoms. The number of nitrogens with one attached hydrogen (secondary N) is 1. The number of amides is 1. The summed E-state index contributed by atoms with van der Waals surface area (Å²) < 4.78 is 5.16. The number of carbonyl (C=O) groups is 1. The Labute approximate surface area is 121 Å². The minimum Gasteiger partial charge on any atom is -0.383 e. The van der Waals surface area contributed by atoms with Gasteiger partial charge in [0.05, 0.1) is 12.2 Å². The number of anilines is 1. The maximum atomic E-state index is 12.7. The number of fused-ring (bicyclic) bond motifs is 1. The fourth-order valence-electron chi connectivity index (χ4n) is 2.76. The Morgan fingerprint density at radius 2 is 2.10 bits per heavy atom. The summed E-state index contributed by atoms with van der Waals surface area (Å²) in [5.41, 5.74) is 1.35. The number of hydrogen-bond acceptors (Lipinski definition) is 3. The zero-order chi connectivity index (χ0) is 14.6. The van der Waals surface area contributed by atoms with Gasteiger partial charge in [-0.2, -0.15) is 0 Å². The Bertz CT molecular complexity index is 475. The van der Waals surface area contributed by atoms with Gasteiger partial charge in [0.2, 0.25) is 0 Å². The van der Waals surface area contributed by atoms with E-state index >= 15 is 0 Å². The molecule has 1 aromatic rings. The first-order valence-electron chi connectivity index (χ1n) is 7.30. The summed E-state index contributed by atoms with van der Waals surface area (Å²) in [6.45, 7) is 5.43. The lowest BCUT2D eigenvalue weighted by Crippen LogP contribution is -2.58. The van der Waals surface area contributed by atoms with E-state index in [1.54, 1.807) is 7.11 Å². The van der Waals surface area contributed by atoms with Crippen LogP contribution in [0.5, 0.6) is 0 Å². The third-order valence-corrected chi connectivity index (χ3v) is 3.94. The van der Waals surface area contributed by atoms with E-state index in [2.05, 4.69) is 19.2 Å². The smallest absolute Gasteiger partial charge is 0.257 e. The molecule has 0 fully saturated rings. The zero-order valence-electron chi connectivity index (χ0n) is 12.6. The second-order valence-corrected chi connectivity index (χ2v) is 5.50. The molecule has 1 unspecified atom stereocenters. The molecule has 1 heterocycles. The highest BCUT2D eigenvalue weighted by Gasteiger charge is 2.40. The van der Waals surface area contributed by atoms with Gasteiger partial charge in [0.15, 0.2) is 0 Å². The Morgan fingerprint density at radius 3 is 2.80 bits per heavy atom. The van der Waals surface area contributed by atoms with Crippen molar-refractivity contribution >= 4 is 11.6 Å². The number of ether oxygens (including phenoxy) is 1. The molecule has 0 saturated carbocycles. The van der Waals surface area contributed by atoms with Gasteiger partial charge in [-0.15, -0.1) is 0 Å². The Kier molecular flexibility index (Phi) is 4.65. The number of benzene rings is 1. The molecule has 0 bridgehead atoms. The quantitative estimate of drug-likeness (QED) is 0.868. The minimum atomic E-state index is -0.333. The second-order valence-electron chi connectivity index (χ2n) is 5.50. The summed E-state index contributed by atoms with van der Waals surface area (Å²) in [6.07, 6.45) is 3.14. The van der Waals surface area contributed by atoms with Crippen LogP contribution in [0, 0.1) is 0 Å². The highest BCUT2D eigenvalue weighted by atomic mass is 16.5. The highest BCUT2D eigenvalue weighted by molar-refractivity contribution is 6.02. The molecule has 1 aromatic carbocycles. The molecule has 0 aliphatic carbocycles. The van der Waals surface area contributed by atoms with Crippen molar-refractivity contribution in [1.82, 2.24) is 4.90 Å².